The van der Waals surface area contributed by atoms with E-state index in [2.05, 4.69) is 21.2 Å². The number of halogens is 1. The number of methoxy groups -OCH3 is 1. The average molecular weight is 461 g/mol. The van der Waals surface area contributed by atoms with Gasteiger partial charge in [-0.05, 0) is 55.5 Å². The Kier molecular flexibility index (Phi) is 5.07. The number of hydrogen-bond donors (Lipinski definition) is 2. The average Bonchev–Trinajstić information content (AvgIpc) is 3.04. The van der Waals surface area contributed by atoms with Crippen molar-refractivity contribution in [2.75, 3.05) is 12.4 Å². The van der Waals surface area contributed by atoms with E-state index in [1.807, 2.05) is 12.1 Å². The maximum absolute atomic E-state index is 12.9. The fourth-order valence-electron chi connectivity index (χ4n) is 3.42. The molecule has 2 N–H and O–H groups in total. The van der Waals surface area contributed by atoms with Gasteiger partial charge in [0.25, 0.3) is 5.91 Å². The predicted molar refractivity (Wildman–Crippen MR) is 110 cm³/mol. The molecule has 1 aliphatic carbocycles. The summed E-state index contributed by atoms with van der Waals surface area (Å²) in [6, 6.07) is 6.98. The first-order valence-corrected chi connectivity index (χ1v) is 10.4. The van der Waals surface area contributed by atoms with E-state index in [1.165, 1.54) is 18.4 Å². The molecule has 0 saturated carbocycles. The third-order valence-corrected chi connectivity index (χ3v) is 6.46. The summed E-state index contributed by atoms with van der Waals surface area (Å²) < 4.78 is 11.3. The molecule has 3 aromatic rings. The van der Waals surface area contributed by atoms with Crippen molar-refractivity contribution in [3.05, 3.63) is 55.9 Å². The Labute approximate surface area is 173 Å². The van der Waals surface area contributed by atoms with Gasteiger partial charge in [-0.1, -0.05) is 15.9 Å². The summed E-state index contributed by atoms with van der Waals surface area (Å²) >= 11 is 4.80. The van der Waals surface area contributed by atoms with Crippen molar-refractivity contribution < 1.29 is 18.7 Å². The molecule has 0 aliphatic heterocycles. The number of esters is 1. The third kappa shape index (κ3) is 3.38. The molecule has 144 valence electrons. The van der Waals surface area contributed by atoms with E-state index in [-0.39, 0.29) is 11.1 Å². The van der Waals surface area contributed by atoms with Gasteiger partial charge in [-0.2, -0.15) is 0 Å². The molecule has 0 radical (unpaired) electrons. The molecule has 4 rings (SSSR count). The number of rotatable bonds is 3. The number of benzene rings is 1. The lowest BCUT2D eigenvalue weighted by atomic mass is 9.95. The van der Waals surface area contributed by atoms with Crippen molar-refractivity contribution in [3.63, 3.8) is 0 Å². The highest BCUT2D eigenvalue weighted by molar-refractivity contribution is 9.10. The first-order chi connectivity index (χ1) is 13.5. The normalized spacial score (nSPS) is 13.2. The number of nitrogens with one attached hydrogen (secondary N) is 2. The lowest BCUT2D eigenvalue weighted by Gasteiger charge is -2.11. The van der Waals surface area contributed by atoms with Gasteiger partial charge < -0.3 is 14.5 Å². The number of carbonyl (C=O) groups excluding carboxylic acids is 2. The van der Waals surface area contributed by atoms with Gasteiger partial charge in [0, 0.05) is 14.7 Å². The first-order valence-electron chi connectivity index (χ1n) is 8.80. The zero-order valence-corrected chi connectivity index (χ0v) is 17.5. The zero-order chi connectivity index (χ0) is 19.8. The topological polar surface area (TPSA) is 92.4 Å². The summed E-state index contributed by atoms with van der Waals surface area (Å²) in [6.07, 6.45) is 3.77. The molecule has 6 nitrogen and oxygen atoms in total. The number of anilines is 1. The Bertz CT molecular complexity index is 1160. The lowest BCUT2D eigenvalue weighted by Crippen LogP contribution is -2.21. The van der Waals surface area contributed by atoms with Gasteiger partial charge in [0.2, 0.25) is 5.55 Å². The van der Waals surface area contributed by atoms with E-state index in [0.717, 1.165) is 40.6 Å². The van der Waals surface area contributed by atoms with E-state index < -0.39 is 11.9 Å². The summed E-state index contributed by atoms with van der Waals surface area (Å²) in [7, 11) is 1.34. The quantitative estimate of drug-likeness (QED) is 0.556. The van der Waals surface area contributed by atoms with Gasteiger partial charge in [0.05, 0.1) is 12.7 Å². The number of ether oxygens (including phenoxy) is 1. The van der Waals surface area contributed by atoms with Crippen molar-refractivity contribution in [1.29, 1.82) is 5.41 Å². The van der Waals surface area contributed by atoms with Crippen molar-refractivity contribution in [1.82, 2.24) is 0 Å². The Morgan fingerprint density at radius 2 is 2.04 bits per heavy atom. The Morgan fingerprint density at radius 3 is 2.82 bits per heavy atom. The number of carbonyl (C=O) groups is 2. The second-order valence-corrected chi connectivity index (χ2v) is 8.55. The predicted octanol–water partition coefficient (Wildman–Crippen LogP) is 4.65. The smallest absolute Gasteiger partial charge is 0.341 e. The highest BCUT2D eigenvalue weighted by Gasteiger charge is 2.27. The summed E-state index contributed by atoms with van der Waals surface area (Å²) in [5.41, 5.74) is 1.80. The number of fused-ring (bicyclic) bond motifs is 2. The number of aryl methyl sites for hydroxylation is 1. The monoisotopic (exact) mass is 460 g/mol. The fourth-order valence-corrected chi connectivity index (χ4v) is 5.07. The summed E-state index contributed by atoms with van der Waals surface area (Å²) in [4.78, 5) is 26.3. The molecule has 1 aromatic carbocycles. The Balaban J connectivity index is 1.74. The van der Waals surface area contributed by atoms with Crippen LogP contribution >= 0.6 is 27.3 Å². The highest BCUT2D eigenvalue weighted by Crippen LogP contribution is 2.38. The second-order valence-electron chi connectivity index (χ2n) is 6.53. The number of amides is 1. The van der Waals surface area contributed by atoms with Gasteiger partial charge in [0.1, 0.15) is 16.1 Å². The Hall–Kier alpha value is -2.45. The van der Waals surface area contributed by atoms with E-state index in [0.29, 0.717) is 21.5 Å². The maximum Gasteiger partial charge on any atom is 0.341 e. The molecule has 8 heteroatoms. The molecule has 0 saturated heterocycles. The summed E-state index contributed by atoms with van der Waals surface area (Å²) in [6.45, 7) is 0. The van der Waals surface area contributed by atoms with Crippen LogP contribution in [0.15, 0.2) is 33.2 Å². The fraction of sp³-hybridized carbons (Fsp3) is 0.250. The van der Waals surface area contributed by atoms with Crippen LogP contribution in [0.25, 0.3) is 11.0 Å². The molecule has 0 spiro atoms. The van der Waals surface area contributed by atoms with Crippen LogP contribution in [0.3, 0.4) is 0 Å². The van der Waals surface area contributed by atoms with Crippen LogP contribution in [-0.4, -0.2) is 19.0 Å². The van der Waals surface area contributed by atoms with Gasteiger partial charge in [-0.15, -0.1) is 11.3 Å². The van der Waals surface area contributed by atoms with Gasteiger partial charge in [-0.3, -0.25) is 10.2 Å². The molecule has 2 heterocycles. The highest BCUT2D eigenvalue weighted by atomic mass is 79.9. The van der Waals surface area contributed by atoms with Gasteiger partial charge >= 0.3 is 5.97 Å². The van der Waals surface area contributed by atoms with E-state index in [9.17, 15) is 9.59 Å². The molecule has 0 fully saturated rings. The minimum atomic E-state index is -0.487. The molecular formula is C20H17BrN2O4S. The van der Waals surface area contributed by atoms with E-state index in [1.54, 1.807) is 12.1 Å². The maximum atomic E-state index is 12.9. The summed E-state index contributed by atoms with van der Waals surface area (Å²) in [5.74, 6) is -0.938. The molecule has 1 amide bonds. The minimum Gasteiger partial charge on any atom is -0.465 e. The van der Waals surface area contributed by atoms with Crippen molar-refractivity contribution >= 4 is 55.1 Å². The van der Waals surface area contributed by atoms with Crippen molar-refractivity contribution in [3.8, 4) is 0 Å². The number of hydrogen-bond acceptors (Lipinski definition) is 6. The molecular weight excluding hydrogens is 444 g/mol. The lowest BCUT2D eigenvalue weighted by molar-refractivity contribution is 0.0601. The second kappa shape index (κ2) is 7.52. The van der Waals surface area contributed by atoms with Crippen LogP contribution in [0.4, 0.5) is 5.00 Å². The van der Waals surface area contributed by atoms with E-state index in [4.69, 9.17) is 14.6 Å². The van der Waals surface area contributed by atoms with Crippen LogP contribution in [0, 0.1) is 5.41 Å². The minimum absolute atomic E-state index is 0.104. The zero-order valence-electron chi connectivity index (χ0n) is 15.1. The van der Waals surface area contributed by atoms with E-state index >= 15 is 0 Å². The molecule has 0 atom stereocenters. The van der Waals surface area contributed by atoms with Crippen molar-refractivity contribution in [2.45, 2.75) is 25.7 Å². The number of thiophene rings is 1. The summed E-state index contributed by atoms with van der Waals surface area (Å²) in [5, 5.41) is 12.1. The SMILES string of the molecule is COC(=O)c1c(NC(=O)c2cc3cc(Br)ccc3oc2=N)sc2c1CCCC2. The molecule has 2 aromatic heterocycles. The molecule has 28 heavy (non-hydrogen) atoms. The Morgan fingerprint density at radius 1 is 1.25 bits per heavy atom. The molecule has 1 aliphatic rings. The van der Waals surface area contributed by atoms with Crippen LogP contribution < -0.4 is 10.9 Å². The third-order valence-electron chi connectivity index (χ3n) is 4.76. The molecule has 0 bridgehead atoms. The van der Waals surface area contributed by atoms with Crippen LogP contribution in [0.5, 0.6) is 0 Å². The van der Waals surface area contributed by atoms with Crippen LogP contribution in [0.2, 0.25) is 0 Å². The standard InChI is InChI=1S/C20H17BrN2O4S/c1-26-20(25)16-12-4-2-3-5-15(12)28-19(16)23-18(24)13-9-10-8-11(21)6-7-14(10)27-17(13)22/h6-9,22H,2-5H2,1H3,(H,23,24). The largest absolute Gasteiger partial charge is 0.465 e. The van der Waals surface area contributed by atoms with Crippen LogP contribution in [-0.2, 0) is 17.6 Å². The first kappa shape index (κ1) is 18.9. The van der Waals surface area contributed by atoms with Gasteiger partial charge in [0.15, 0.2) is 0 Å². The molecule has 0 unspecified atom stereocenters. The van der Waals surface area contributed by atoms with Crippen molar-refractivity contribution in [2.24, 2.45) is 0 Å². The van der Waals surface area contributed by atoms with Gasteiger partial charge in [-0.25, -0.2) is 4.79 Å². The van der Waals surface area contributed by atoms with Crippen LogP contribution in [0.1, 0.15) is 44.0 Å².